The Morgan fingerprint density at radius 3 is 2.29 bits per heavy atom. The molecule has 1 saturated heterocycles. The van der Waals surface area contributed by atoms with Gasteiger partial charge in [-0.25, -0.2) is 9.97 Å². The maximum absolute atomic E-state index is 12.5. The number of aromatic nitrogens is 2. The second-order valence-corrected chi connectivity index (χ2v) is 4.81. The summed E-state index contributed by atoms with van der Waals surface area (Å²) in [5, 5.41) is 0. The molecule has 1 aromatic heterocycles. The van der Waals surface area contributed by atoms with Crippen LogP contribution >= 0.6 is 15.9 Å². The molecule has 1 aromatic rings. The lowest BCUT2D eigenvalue weighted by atomic mass is 9.96. The van der Waals surface area contributed by atoms with Gasteiger partial charge in [0, 0.05) is 13.1 Å². The minimum absolute atomic E-state index is 0.126. The van der Waals surface area contributed by atoms with Gasteiger partial charge in [-0.2, -0.15) is 13.2 Å². The summed E-state index contributed by atoms with van der Waals surface area (Å²) < 4.78 is 38.0. The lowest BCUT2D eigenvalue weighted by molar-refractivity contribution is -0.179. The number of anilines is 1. The molecular weight excluding hydrogens is 299 g/mol. The van der Waals surface area contributed by atoms with Gasteiger partial charge in [0.15, 0.2) is 0 Å². The number of hydrogen-bond donors (Lipinski definition) is 0. The van der Waals surface area contributed by atoms with E-state index in [9.17, 15) is 13.2 Å². The van der Waals surface area contributed by atoms with Crippen molar-refractivity contribution in [3.63, 3.8) is 0 Å². The van der Waals surface area contributed by atoms with E-state index < -0.39 is 12.1 Å². The third-order valence-corrected chi connectivity index (χ3v) is 3.30. The molecule has 0 aliphatic carbocycles. The summed E-state index contributed by atoms with van der Waals surface area (Å²) in [5.74, 6) is -0.545. The van der Waals surface area contributed by atoms with Crippen molar-refractivity contribution in [2.24, 2.45) is 5.92 Å². The molecule has 0 bridgehead atoms. The SMILES string of the molecule is FC(F)(F)C1CCN(c2cnc(Br)cn2)CC1. The van der Waals surface area contributed by atoms with Crippen molar-refractivity contribution in [2.75, 3.05) is 18.0 Å². The van der Waals surface area contributed by atoms with Crippen LogP contribution in [0.4, 0.5) is 19.0 Å². The molecule has 0 aromatic carbocycles. The van der Waals surface area contributed by atoms with Crippen LogP contribution < -0.4 is 4.90 Å². The van der Waals surface area contributed by atoms with E-state index in [0.29, 0.717) is 23.5 Å². The molecule has 3 nitrogen and oxygen atoms in total. The van der Waals surface area contributed by atoms with Gasteiger partial charge in [0.05, 0.1) is 18.3 Å². The Balaban J connectivity index is 1.97. The van der Waals surface area contributed by atoms with Gasteiger partial charge >= 0.3 is 6.18 Å². The third kappa shape index (κ3) is 3.08. The number of rotatable bonds is 1. The zero-order chi connectivity index (χ0) is 12.5. The molecule has 2 heterocycles. The second-order valence-electron chi connectivity index (χ2n) is 4.00. The molecule has 1 aliphatic rings. The largest absolute Gasteiger partial charge is 0.391 e. The minimum atomic E-state index is -4.07. The number of hydrogen-bond acceptors (Lipinski definition) is 3. The van der Waals surface area contributed by atoms with Crippen LogP contribution in [0.1, 0.15) is 12.8 Å². The van der Waals surface area contributed by atoms with E-state index in [1.807, 2.05) is 4.90 Å². The molecule has 0 spiro atoms. The van der Waals surface area contributed by atoms with Gasteiger partial charge in [-0.15, -0.1) is 0 Å². The van der Waals surface area contributed by atoms with E-state index in [4.69, 9.17) is 0 Å². The predicted octanol–water partition coefficient (Wildman–Crippen LogP) is 3.02. The average Bonchev–Trinajstić information content (AvgIpc) is 2.29. The molecule has 1 fully saturated rings. The smallest absolute Gasteiger partial charge is 0.355 e. The van der Waals surface area contributed by atoms with Gasteiger partial charge < -0.3 is 4.90 Å². The highest BCUT2D eigenvalue weighted by Crippen LogP contribution is 2.34. The fourth-order valence-electron chi connectivity index (χ4n) is 1.90. The van der Waals surface area contributed by atoms with Crippen LogP contribution in [0.25, 0.3) is 0 Å². The van der Waals surface area contributed by atoms with Crippen LogP contribution in [0.2, 0.25) is 0 Å². The Morgan fingerprint density at radius 2 is 1.82 bits per heavy atom. The quantitative estimate of drug-likeness (QED) is 0.798. The molecule has 2 rings (SSSR count). The number of alkyl halides is 3. The second kappa shape index (κ2) is 4.80. The predicted molar refractivity (Wildman–Crippen MR) is 60.7 cm³/mol. The Bertz CT molecular complexity index is 371. The van der Waals surface area contributed by atoms with Crippen molar-refractivity contribution in [3.05, 3.63) is 17.0 Å². The normalized spacial score (nSPS) is 18.5. The van der Waals surface area contributed by atoms with Crippen molar-refractivity contribution in [1.82, 2.24) is 9.97 Å². The first-order valence-electron chi connectivity index (χ1n) is 5.26. The molecule has 0 amide bonds. The summed E-state index contributed by atoms with van der Waals surface area (Å²) in [6, 6.07) is 0. The molecule has 0 atom stereocenters. The highest BCUT2D eigenvalue weighted by molar-refractivity contribution is 9.10. The standard InChI is InChI=1S/C10H11BrF3N3/c11-8-5-16-9(6-15-8)17-3-1-7(2-4-17)10(12,13)14/h5-7H,1-4H2. The van der Waals surface area contributed by atoms with E-state index in [1.165, 1.54) is 0 Å². The van der Waals surface area contributed by atoms with Crippen molar-refractivity contribution < 1.29 is 13.2 Å². The lowest BCUT2D eigenvalue weighted by Crippen LogP contribution is -2.39. The van der Waals surface area contributed by atoms with Crippen LogP contribution in [0.15, 0.2) is 17.0 Å². The molecule has 0 saturated carbocycles. The summed E-state index contributed by atoms with van der Waals surface area (Å²) in [5.41, 5.74) is 0. The van der Waals surface area contributed by atoms with E-state index >= 15 is 0 Å². The molecular formula is C10H11BrF3N3. The summed E-state index contributed by atoms with van der Waals surface area (Å²) in [6.45, 7) is 0.751. The molecule has 17 heavy (non-hydrogen) atoms. The minimum Gasteiger partial charge on any atom is -0.355 e. The van der Waals surface area contributed by atoms with Crippen LogP contribution in [0.3, 0.4) is 0 Å². The average molecular weight is 310 g/mol. The topological polar surface area (TPSA) is 29.0 Å². The first-order valence-corrected chi connectivity index (χ1v) is 6.05. The van der Waals surface area contributed by atoms with Crippen LogP contribution in [-0.2, 0) is 0 Å². The van der Waals surface area contributed by atoms with Crippen molar-refractivity contribution in [2.45, 2.75) is 19.0 Å². The Hall–Kier alpha value is -0.850. The van der Waals surface area contributed by atoms with E-state index in [-0.39, 0.29) is 12.8 Å². The molecule has 7 heteroatoms. The summed E-state index contributed by atoms with van der Waals surface area (Å²) >= 11 is 3.16. The first-order chi connectivity index (χ1) is 7.97. The van der Waals surface area contributed by atoms with E-state index in [0.717, 1.165) is 0 Å². The van der Waals surface area contributed by atoms with Gasteiger partial charge in [0.2, 0.25) is 0 Å². The number of nitrogens with zero attached hydrogens (tertiary/aromatic N) is 3. The van der Waals surface area contributed by atoms with Gasteiger partial charge in [-0.05, 0) is 28.8 Å². The van der Waals surface area contributed by atoms with Crippen LogP contribution in [-0.4, -0.2) is 29.2 Å². The molecule has 1 aliphatic heterocycles. The summed E-state index contributed by atoms with van der Waals surface area (Å²) in [7, 11) is 0. The number of piperidine rings is 1. The molecule has 0 N–H and O–H groups in total. The van der Waals surface area contributed by atoms with Gasteiger partial charge in [0.25, 0.3) is 0 Å². The first kappa shape index (κ1) is 12.6. The summed E-state index contributed by atoms with van der Waals surface area (Å²) in [6.07, 6.45) is -0.705. The highest BCUT2D eigenvalue weighted by Gasteiger charge is 2.41. The zero-order valence-electron chi connectivity index (χ0n) is 8.91. The molecule has 94 valence electrons. The highest BCUT2D eigenvalue weighted by atomic mass is 79.9. The Labute approximate surface area is 105 Å². The van der Waals surface area contributed by atoms with Crippen molar-refractivity contribution in [1.29, 1.82) is 0 Å². The van der Waals surface area contributed by atoms with E-state index in [2.05, 4.69) is 25.9 Å². The van der Waals surface area contributed by atoms with Crippen LogP contribution in [0.5, 0.6) is 0 Å². The fraction of sp³-hybridized carbons (Fsp3) is 0.600. The Morgan fingerprint density at radius 1 is 1.18 bits per heavy atom. The fourth-order valence-corrected chi connectivity index (χ4v) is 2.11. The Kier molecular flexibility index (Phi) is 3.56. The third-order valence-electron chi connectivity index (χ3n) is 2.89. The zero-order valence-corrected chi connectivity index (χ0v) is 10.5. The van der Waals surface area contributed by atoms with Crippen molar-refractivity contribution >= 4 is 21.7 Å². The maximum atomic E-state index is 12.5. The number of halogens is 4. The van der Waals surface area contributed by atoms with Crippen molar-refractivity contribution in [3.8, 4) is 0 Å². The summed E-state index contributed by atoms with van der Waals surface area (Å²) in [4.78, 5) is 9.97. The van der Waals surface area contributed by atoms with Gasteiger partial charge in [-0.1, -0.05) is 0 Å². The maximum Gasteiger partial charge on any atom is 0.391 e. The molecule has 0 radical (unpaired) electrons. The van der Waals surface area contributed by atoms with Gasteiger partial charge in [-0.3, -0.25) is 0 Å². The molecule has 0 unspecified atom stereocenters. The monoisotopic (exact) mass is 309 g/mol. The lowest BCUT2D eigenvalue weighted by Gasteiger charge is -2.33. The van der Waals surface area contributed by atoms with Crippen LogP contribution in [0, 0.1) is 5.92 Å². The van der Waals surface area contributed by atoms with E-state index in [1.54, 1.807) is 12.4 Å². The van der Waals surface area contributed by atoms with Gasteiger partial charge in [0.1, 0.15) is 10.4 Å².